The first-order valence-electron chi connectivity index (χ1n) is 13.2. The molecule has 1 aromatic heterocycles. The normalized spacial score (nSPS) is 17.6. The number of fused-ring (bicyclic) bond motifs is 1. The smallest absolute Gasteiger partial charge is 0.317 e. The molecule has 1 aliphatic heterocycles. The number of benzene rings is 2. The molecule has 5 rings (SSSR count). The molecule has 1 aliphatic carbocycles. The Morgan fingerprint density at radius 2 is 2.03 bits per heavy atom. The minimum Gasteiger partial charge on any atom is -0.489 e. The van der Waals surface area contributed by atoms with E-state index in [2.05, 4.69) is 41.0 Å². The molecule has 2 heterocycles. The predicted octanol–water partition coefficient (Wildman–Crippen LogP) is 5.71. The maximum Gasteiger partial charge on any atom is 0.317 e. The van der Waals surface area contributed by atoms with E-state index in [-0.39, 0.29) is 24.8 Å². The molecule has 3 N–H and O–H groups in total. The fourth-order valence-electron chi connectivity index (χ4n) is 5.34. The van der Waals surface area contributed by atoms with E-state index in [0.717, 1.165) is 52.6 Å². The maximum absolute atomic E-state index is 12.9. The Bertz CT molecular complexity index is 1250. The summed E-state index contributed by atoms with van der Waals surface area (Å²) in [5.74, 6) is 1.16. The van der Waals surface area contributed by atoms with Crippen LogP contribution in [0.25, 0.3) is 21.0 Å². The summed E-state index contributed by atoms with van der Waals surface area (Å²) in [5, 5.41) is 16.8. The number of carbonyl (C=O) groups excluding carboxylic acids is 1. The fraction of sp³-hybridized carbons (Fsp3) is 0.448. The van der Waals surface area contributed by atoms with Crippen LogP contribution in [0.2, 0.25) is 0 Å². The van der Waals surface area contributed by atoms with Crippen LogP contribution in [-0.4, -0.2) is 53.9 Å². The van der Waals surface area contributed by atoms with Crippen LogP contribution in [0.5, 0.6) is 5.75 Å². The Balaban J connectivity index is 1.32. The maximum atomic E-state index is 12.9. The number of amides is 2. The third kappa shape index (κ3) is 5.45. The second-order valence-electron chi connectivity index (χ2n) is 10.2. The van der Waals surface area contributed by atoms with Gasteiger partial charge in [0.2, 0.25) is 0 Å². The summed E-state index contributed by atoms with van der Waals surface area (Å²) in [6, 6.07) is 12.6. The van der Waals surface area contributed by atoms with Gasteiger partial charge in [-0.05, 0) is 80.3 Å². The van der Waals surface area contributed by atoms with E-state index in [1.165, 1.54) is 16.7 Å². The number of aliphatic hydroxyl groups excluding tert-OH is 1. The zero-order valence-electron chi connectivity index (χ0n) is 21.8. The lowest BCUT2D eigenvalue weighted by Crippen LogP contribution is -2.45. The number of rotatable bonds is 7. The molecule has 0 spiro atoms. The van der Waals surface area contributed by atoms with Gasteiger partial charge in [0.05, 0.1) is 22.7 Å². The first-order valence-corrected chi connectivity index (χ1v) is 14.0. The number of piperidine rings is 1. The number of anilines is 1. The number of hydrogen-bond acceptors (Lipinski definition) is 6. The molecule has 1 saturated heterocycles. The lowest BCUT2D eigenvalue weighted by Gasteiger charge is -2.32. The molecule has 0 saturated carbocycles. The Morgan fingerprint density at radius 1 is 1.22 bits per heavy atom. The van der Waals surface area contributed by atoms with Gasteiger partial charge in [0, 0.05) is 38.5 Å². The van der Waals surface area contributed by atoms with E-state index < -0.39 is 0 Å². The number of likely N-dealkylation sites (tertiary alicyclic amines) is 1. The van der Waals surface area contributed by atoms with E-state index in [1.54, 1.807) is 11.3 Å². The van der Waals surface area contributed by atoms with Crippen LogP contribution in [0.15, 0.2) is 42.6 Å². The topological polar surface area (TPSA) is 86.7 Å². The molecule has 2 aromatic carbocycles. The second kappa shape index (κ2) is 11.1. The second-order valence-corrected chi connectivity index (χ2v) is 11.2. The molecule has 0 radical (unpaired) electrons. The van der Waals surface area contributed by atoms with E-state index in [4.69, 9.17) is 9.72 Å². The van der Waals surface area contributed by atoms with Gasteiger partial charge in [-0.25, -0.2) is 9.78 Å². The van der Waals surface area contributed by atoms with Gasteiger partial charge in [-0.15, -0.1) is 11.3 Å². The average molecular weight is 521 g/mol. The molecule has 2 aliphatic rings. The highest BCUT2D eigenvalue weighted by Gasteiger charge is 2.29. The van der Waals surface area contributed by atoms with E-state index in [9.17, 15) is 9.90 Å². The first-order chi connectivity index (χ1) is 18.0. The molecular weight excluding hydrogens is 484 g/mol. The van der Waals surface area contributed by atoms with Crippen molar-refractivity contribution in [1.82, 2.24) is 15.2 Å². The predicted molar refractivity (Wildman–Crippen MR) is 149 cm³/mol. The van der Waals surface area contributed by atoms with Gasteiger partial charge in [-0.2, -0.15) is 0 Å². The van der Waals surface area contributed by atoms with Crippen molar-refractivity contribution in [1.29, 1.82) is 0 Å². The van der Waals surface area contributed by atoms with E-state index in [0.29, 0.717) is 19.0 Å². The lowest BCUT2D eigenvalue weighted by molar-refractivity contribution is 0.135. The van der Waals surface area contributed by atoms with Gasteiger partial charge in [0.15, 0.2) is 0 Å². The van der Waals surface area contributed by atoms with Crippen molar-refractivity contribution >= 4 is 23.1 Å². The van der Waals surface area contributed by atoms with Gasteiger partial charge in [0.25, 0.3) is 0 Å². The number of aliphatic hydroxyl groups is 1. The summed E-state index contributed by atoms with van der Waals surface area (Å²) in [6.07, 6.45) is 5.64. The van der Waals surface area contributed by atoms with Crippen molar-refractivity contribution in [2.75, 3.05) is 32.1 Å². The van der Waals surface area contributed by atoms with Gasteiger partial charge in [0.1, 0.15) is 10.8 Å². The highest BCUT2D eigenvalue weighted by atomic mass is 32.1. The molecule has 37 heavy (non-hydrogen) atoms. The van der Waals surface area contributed by atoms with Crippen LogP contribution in [0.3, 0.4) is 0 Å². The number of urea groups is 1. The van der Waals surface area contributed by atoms with Crippen molar-refractivity contribution in [2.24, 2.45) is 5.92 Å². The molecule has 7 nitrogen and oxygen atoms in total. The highest BCUT2D eigenvalue weighted by molar-refractivity contribution is 7.18. The zero-order valence-corrected chi connectivity index (χ0v) is 22.6. The zero-order chi connectivity index (χ0) is 25.9. The van der Waals surface area contributed by atoms with Crippen LogP contribution >= 0.6 is 11.3 Å². The van der Waals surface area contributed by atoms with Crippen LogP contribution in [-0.2, 0) is 6.42 Å². The highest BCUT2D eigenvalue weighted by Crippen LogP contribution is 2.41. The van der Waals surface area contributed by atoms with E-state index >= 15 is 0 Å². The Hall–Kier alpha value is -3.10. The Kier molecular flexibility index (Phi) is 7.67. The van der Waals surface area contributed by atoms with Crippen molar-refractivity contribution in [3.8, 4) is 26.8 Å². The van der Waals surface area contributed by atoms with Crippen LogP contribution < -0.4 is 15.4 Å². The van der Waals surface area contributed by atoms with Gasteiger partial charge < -0.3 is 25.4 Å². The van der Waals surface area contributed by atoms with Gasteiger partial charge in [-0.3, -0.25) is 0 Å². The molecule has 1 unspecified atom stereocenters. The number of aromatic nitrogens is 1. The molecule has 196 valence electrons. The summed E-state index contributed by atoms with van der Waals surface area (Å²) >= 11 is 1.69. The number of nitrogens with one attached hydrogen (secondary N) is 2. The molecule has 1 atom stereocenters. The molecule has 8 heteroatoms. The first kappa shape index (κ1) is 25.5. The fourth-order valence-corrected chi connectivity index (χ4v) is 6.31. The third-order valence-electron chi connectivity index (χ3n) is 7.36. The van der Waals surface area contributed by atoms with Crippen molar-refractivity contribution < 1.29 is 14.6 Å². The third-order valence-corrected chi connectivity index (χ3v) is 8.44. The Morgan fingerprint density at radius 3 is 2.76 bits per heavy atom. The van der Waals surface area contributed by atoms with Crippen LogP contribution in [0, 0.1) is 5.92 Å². The Labute approximate surface area is 222 Å². The largest absolute Gasteiger partial charge is 0.489 e. The summed E-state index contributed by atoms with van der Waals surface area (Å²) < 4.78 is 5.92. The average Bonchev–Trinajstić information content (AvgIpc) is 3.56. The molecule has 3 aromatic rings. The summed E-state index contributed by atoms with van der Waals surface area (Å²) in [6.45, 7) is 5.67. The molecule has 1 fully saturated rings. The van der Waals surface area contributed by atoms with Gasteiger partial charge in [-0.1, -0.05) is 18.2 Å². The van der Waals surface area contributed by atoms with Crippen LogP contribution in [0.1, 0.15) is 50.3 Å². The number of nitrogens with zero attached hydrogens (tertiary/aromatic N) is 2. The van der Waals surface area contributed by atoms with Crippen molar-refractivity contribution in [3.63, 3.8) is 0 Å². The number of thiazole rings is 1. The molecule has 2 amide bonds. The molecule has 0 bridgehead atoms. The minimum atomic E-state index is 0.00458. The number of hydrogen-bond donors (Lipinski definition) is 3. The standard InChI is InChI=1S/C29H36N4O3S/c1-18(2)36-26-10-7-20(15-25(26)30-3)28-31-16-27(37-28)23-6-4-5-22-21(23)8-9-24(22)32-29(35)33-13-11-19(17-34)12-14-33/h4-7,10,15-16,18-19,24,30,34H,8-9,11-14,17H2,1-3H3,(H,32,35). The van der Waals surface area contributed by atoms with E-state index in [1.807, 2.05) is 38.1 Å². The summed E-state index contributed by atoms with van der Waals surface area (Å²) in [5.41, 5.74) is 5.72. The molecular formula is C29H36N4O3S. The van der Waals surface area contributed by atoms with Crippen molar-refractivity contribution in [3.05, 3.63) is 53.7 Å². The van der Waals surface area contributed by atoms with Gasteiger partial charge >= 0.3 is 6.03 Å². The lowest BCUT2D eigenvalue weighted by atomic mass is 9.98. The number of ether oxygens (including phenoxy) is 1. The number of carbonyl (C=O) groups is 1. The summed E-state index contributed by atoms with van der Waals surface area (Å²) in [7, 11) is 1.90. The minimum absolute atomic E-state index is 0.00458. The van der Waals surface area contributed by atoms with Crippen molar-refractivity contribution in [2.45, 2.75) is 51.7 Å². The van der Waals surface area contributed by atoms with Crippen LogP contribution in [0.4, 0.5) is 10.5 Å². The summed E-state index contributed by atoms with van der Waals surface area (Å²) in [4.78, 5) is 20.7. The quantitative estimate of drug-likeness (QED) is 0.372. The SMILES string of the molecule is CNc1cc(-c2ncc(-c3cccc4c3CCC4NC(=O)N3CCC(CO)CC3)s2)ccc1OC(C)C. The monoisotopic (exact) mass is 520 g/mol.